The Hall–Kier alpha value is 0.0569. The molecule has 0 aromatic carbocycles. The SMILES string of the molecule is OCCOCCOCCOCCC[SiH3]. The van der Waals surface area contributed by atoms with Crippen LogP contribution in [0.2, 0.25) is 6.04 Å². The zero-order valence-electron chi connectivity index (χ0n) is 9.04. The van der Waals surface area contributed by atoms with Gasteiger partial charge >= 0.3 is 0 Å². The molecule has 1 N–H and O–H groups in total. The minimum absolute atomic E-state index is 0.0729. The third-order valence-electron chi connectivity index (χ3n) is 1.62. The van der Waals surface area contributed by atoms with Gasteiger partial charge in [0, 0.05) is 16.8 Å². The molecule has 0 aliphatic rings. The molecule has 86 valence electrons. The summed E-state index contributed by atoms with van der Waals surface area (Å²) in [5.74, 6) is 0. The van der Waals surface area contributed by atoms with Gasteiger partial charge in [-0.3, -0.25) is 0 Å². The van der Waals surface area contributed by atoms with Crippen LogP contribution in [0, 0.1) is 0 Å². The summed E-state index contributed by atoms with van der Waals surface area (Å²) in [5.41, 5.74) is 0. The number of aliphatic hydroxyl groups excluding tert-OH is 1. The Morgan fingerprint density at radius 3 is 1.79 bits per heavy atom. The maximum Gasteiger partial charge on any atom is 0.0701 e. The van der Waals surface area contributed by atoms with Crippen LogP contribution in [0.4, 0.5) is 0 Å². The second-order valence-corrected chi connectivity index (χ2v) is 3.91. The van der Waals surface area contributed by atoms with E-state index in [4.69, 9.17) is 19.3 Å². The lowest BCUT2D eigenvalue weighted by molar-refractivity contribution is 0.00784. The van der Waals surface area contributed by atoms with Crippen molar-refractivity contribution in [1.82, 2.24) is 0 Å². The fourth-order valence-corrected chi connectivity index (χ4v) is 1.14. The summed E-state index contributed by atoms with van der Waals surface area (Å²) in [6.45, 7) is 3.73. The third-order valence-corrected chi connectivity index (χ3v) is 2.33. The Morgan fingerprint density at radius 1 is 0.786 bits per heavy atom. The Bertz CT molecular complexity index is 90.8. The first-order valence-corrected chi connectivity index (χ1v) is 6.67. The Balaban J connectivity index is 2.78. The molecule has 0 bridgehead atoms. The van der Waals surface area contributed by atoms with Crippen LogP contribution in [-0.4, -0.2) is 61.6 Å². The number of hydrogen-bond acceptors (Lipinski definition) is 4. The van der Waals surface area contributed by atoms with E-state index in [0.717, 1.165) is 6.61 Å². The van der Waals surface area contributed by atoms with Gasteiger partial charge in [-0.2, -0.15) is 0 Å². The van der Waals surface area contributed by atoms with Crippen molar-refractivity contribution in [2.75, 3.05) is 46.2 Å². The Morgan fingerprint density at radius 2 is 1.29 bits per heavy atom. The number of hydrogen-bond donors (Lipinski definition) is 1. The average Bonchev–Trinajstić information content (AvgIpc) is 2.21. The van der Waals surface area contributed by atoms with Crippen LogP contribution in [0.15, 0.2) is 0 Å². The van der Waals surface area contributed by atoms with Crippen molar-refractivity contribution in [3.05, 3.63) is 0 Å². The van der Waals surface area contributed by atoms with Gasteiger partial charge in [-0.25, -0.2) is 0 Å². The van der Waals surface area contributed by atoms with E-state index in [2.05, 4.69) is 0 Å². The van der Waals surface area contributed by atoms with Crippen LogP contribution in [0.3, 0.4) is 0 Å². The first-order chi connectivity index (χ1) is 6.91. The third kappa shape index (κ3) is 12.1. The monoisotopic (exact) mass is 222 g/mol. The van der Waals surface area contributed by atoms with E-state index in [0.29, 0.717) is 33.0 Å². The van der Waals surface area contributed by atoms with Gasteiger partial charge in [-0.15, -0.1) is 0 Å². The van der Waals surface area contributed by atoms with Crippen molar-refractivity contribution in [3.63, 3.8) is 0 Å². The molecule has 0 unspecified atom stereocenters. The fraction of sp³-hybridized carbons (Fsp3) is 1.00. The van der Waals surface area contributed by atoms with Gasteiger partial charge in [-0.1, -0.05) is 6.04 Å². The van der Waals surface area contributed by atoms with E-state index in [1.807, 2.05) is 0 Å². The zero-order chi connectivity index (χ0) is 10.5. The summed E-state index contributed by atoms with van der Waals surface area (Å²) >= 11 is 0. The molecule has 0 aromatic heterocycles. The van der Waals surface area contributed by atoms with Gasteiger partial charge in [0.25, 0.3) is 0 Å². The van der Waals surface area contributed by atoms with Crippen molar-refractivity contribution in [2.24, 2.45) is 0 Å². The number of aliphatic hydroxyl groups is 1. The lowest BCUT2D eigenvalue weighted by atomic mass is 10.5. The highest BCUT2D eigenvalue weighted by Crippen LogP contribution is 1.86. The van der Waals surface area contributed by atoms with E-state index in [1.54, 1.807) is 0 Å². The second kappa shape index (κ2) is 13.1. The highest BCUT2D eigenvalue weighted by atomic mass is 28.1. The molecular formula is C9H22O4Si. The maximum absolute atomic E-state index is 8.41. The first-order valence-electron chi connectivity index (χ1n) is 5.26. The molecule has 0 saturated heterocycles. The smallest absolute Gasteiger partial charge is 0.0701 e. The maximum atomic E-state index is 8.41. The molecular weight excluding hydrogens is 200 g/mol. The largest absolute Gasteiger partial charge is 0.394 e. The van der Waals surface area contributed by atoms with Crippen LogP contribution in [0.5, 0.6) is 0 Å². The van der Waals surface area contributed by atoms with E-state index >= 15 is 0 Å². The summed E-state index contributed by atoms with van der Waals surface area (Å²) in [6, 6.07) is 1.30. The van der Waals surface area contributed by atoms with Crippen molar-refractivity contribution >= 4 is 10.2 Å². The summed E-state index contributed by atoms with van der Waals surface area (Å²) in [4.78, 5) is 0. The summed E-state index contributed by atoms with van der Waals surface area (Å²) < 4.78 is 15.6. The Labute approximate surface area is 89.0 Å². The molecule has 0 aliphatic heterocycles. The molecule has 0 rings (SSSR count). The van der Waals surface area contributed by atoms with Crippen LogP contribution < -0.4 is 0 Å². The van der Waals surface area contributed by atoms with Crippen LogP contribution in [0.1, 0.15) is 6.42 Å². The lowest BCUT2D eigenvalue weighted by Crippen LogP contribution is -2.11. The minimum Gasteiger partial charge on any atom is -0.394 e. The molecule has 0 aliphatic carbocycles. The topological polar surface area (TPSA) is 47.9 Å². The predicted molar refractivity (Wildman–Crippen MR) is 58.9 cm³/mol. The van der Waals surface area contributed by atoms with Gasteiger partial charge in [0.05, 0.1) is 39.6 Å². The molecule has 0 heterocycles. The summed E-state index contributed by atoms with van der Waals surface area (Å²) in [7, 11) is 1.26. The quantitative estimate of drug-likeness (QED) is 0.367. The zero-order valence-corrected chi connectivity index (χ0v) is 11.0. The molecule has 0 spiro atoms. The minimum atomic E-state index is 0.0729. The lowest BCUT2D eigenvalue weighted by Gasteiger charge is -2.05. The summed E-state index contributed by atoms with van der Waals surface area (Å²) in [5, 5.41) is 8.41. The molecule has 0 saturated carbocycles. The molecule has 5 heteroatoms. The van der Waals surface area contributed by atoms with Crippen molar-refractivity contribution in [3.8, 4) is 0 Å². The molecule has 0 radical (unpaired) electrons. The molecule has 0 fully saturated rings. The molecule has 14 heavy (non-hydrogen) atoms. The fourth-order valence-electron chi connectivity index (χ4n) is 0.853. The summed E-state index contributed by atoms with van der Waals surface area (Å²) in [6.07, 6.45) is 1.17. The van der Waals surface area contributed by atoms with Crippen LogP contribution in [-0.2, 0) is 14.2 Å². The van der Waals surface area contributed by atoms with E-state index < -0.39 is 0 Å². The van der Waals surface area contributed by atoms with Crippen molar-refractivity contribution < 1.29 is 19.3 Å². The van der Waals surface area contributed by atoms with Crippen LogP contribution in [0.25, 0.3) is 0 Å². The first kappa shape index (κ1) is 14.1. The van der Waals surface area contributed by atoms with Crippen molar-refractivity contribution in [1.29, 1.82) is 0 Å². The van der Waals surface area contributed by atoms with E-state index in [1.165, 1.54) is 22.7 Å². The standard InChI is InChI=1S/C9H22O4Si/c10-2-4-12-6-8-13-7-5-11-3-1-9-14/h10H,1-9H2,14H3. The number of ether oxygens (including phenoxy) is 3. The Kier molecular flexibility index (Phi) is 13.1. The van der Waals surface area contributed by atoms with Gasteiger partial charge in [-0.05, 0) is 6.42 Å². The number of rotatable bonds is 11. The van der Waals surface area contributed by atoms with Gasteiger partial charge in [0.2, 0.25) is 0 Å². The molecule has 4 nitrogen and oxygen atoms in total. The van der Waals surface area contributed by atoms with Crippen LogP contribution >= 0.6 is 0 Å². The van der Waals surface area contributed by atoms with Crippen molar-refractivity contribution in [2.45, 2.75) is 12.5 Å². The molecule has 0 amide bonds. The van der Waals surface area contributed by atoms with E-state index in [-0.39, 0.29) is 6.61 Å². The van der Waals surface area contributed by atoms with E-state index in [9.17, 15) is 0 Å². The molecule has 0 aromatic rings. The molecule has 0 atom stereocenters. The highest BCUT2D eigenvalue weighted by molar-refractivity contribution is 6.08. The van der Waals surface area contributed by atoms with Gasteiger partial charge in [0.15, 0.2) is 0 Å². The average molecular weight is 222 g/mol. The highest BCUT2D eigenvalue weighted by Gasteiger charge is 1.90. The predicted octanol–water partition coefficient (Wildman–Crippen LogP) is -0.798. The van der Waals surface area contributed by atoms with Gasteiger partial charge < -0.3 is 19.3 Å². The normalized spacial score (nSPS) is 10.9. The second-order valence-electron chi connectivity index (χ2n) is 2.91. The van der Waals surface area contributed by atoms with Gasteiger partial charge in [0.1, 0.15) is 0 Å².